The SMILES string of the molecule is C#CCCC(C)CC#CC[CH]C. The number of hydrogen-bond acceptors (Lipinski definition) is 0. The van der Waals surface area contributed by atoms with Crippen LogP contribution >= 0.6 is 0 Å². The largest absolute Gasteiger partial charge is 0.120 e. The molecule has 0 fully saturated rings. The zero-order valence-corrected chi connectivity index (χ0v) is 8.06. The van der Waals surface area contributed by atoms with Crippen molar-refractivity contribution in [2.45, 2.75) is 39.5 Å². The molecule has 0 amide bonds. The molecule has 0 nitrogen and oxygen atoms in total. The van der Waals surface area contributed by atoms with Gasteiger partial charge in [0.1, 0.15) is 0 Å². The first-order chi connectivity index (χ1) is 5.81. The zero-order valence-electron chi connectivity index (χ0n) is 8.06. The van der Waals surface area contributed by atoms with Crippen molar-refractivity contribution in [1.29, 1.82) is 0 Å². The lowest BCUT2D eigenvalue weighted by Gasteiger charge is -2.02. The quantitative estimate of drug-likeness (QED) is 0.556. The van der Waals surface area contributed by atoms with E-state index in [0.29, 0.717) is 5.92 Å². The first-order valence-electron chi connectivity index (χ1n) is 4.48. The van der Waals surface area contributed by atoms with Crippen LogP contribution in [-0.4, -0.2) is 0 Å². The van der Waals surface area contributed by atoms with Crippen LogP contribution in [-0.2, 0) is 0 Å². The van der Waals surface area contributed by atoms with Crippen molar-refractivity contribution in [3.05, 3.63) is 6.42 Å². The minimum Gasteiger partial charge on any atom is -0.120 e. The Balaban J connectivity index is 3.39. The lowest BCUT2D eigenvalue weighted by Crippen LogP contribution is -1.91. The molecule has 0 aliphatic rings. The van der Waals surface area contributed by atoms with Crippen molar-refractivity contribution < 1.29 is 0 Å². The topological polar surface area (TPSA) is 0 Å². The molecule has 12 heavy (non-hydrogen) atoms. The van der Waals surface area contributed by atoms with Crippen molar-refractivity contribution in [2.24, 2.45) is 5.92 Å². The van der Waals surface area contributed by atoms with Gasteiger partial charge in [-0.2, -0.15) is 0 Å². The molecule has 0 aromatic carbocycles. The summed E-state index contributed by atoms with van der Waals surface area (Å²) in [5, 5.41) is 0. The molecule has 1 radical (unpaired) electrons. The van der Waals surface area contributed by atoms with Gasteiger partial charge >= 0.3 is 0 Å². The smallest absolute Gasteiger partial charge is 0.0117 e. The highest BCUT2D eigenvalue weighted by Crippen LogP contribution is 2.08. The monoisotopic (exact) mass is 161 g/mol. The van der Waals surface area contributed by atoms with Crippen LogP contribution in [0.3, 0.4) is 0 Å². The highest BCUT2D eigenvalue weighted by molar-refractivity contribution is 5.02. The Morgan fingerprint density at radius 1 is 1.42 bits per heavy atom. The maximum atomic E-state index is 5.16. The molecule has 0 saturated carbocycles. The van der Waals surface area contributed by atoms with Crippen LogP contribution < -0.4 is 0 Å². The zero-order chi connectivity index (χ0) is 9.23. The molecular weight excluding hydrogens is 144 g/mol. The molecule has 0 heteroatoms. The summed E-state index contributed by atoms with van der Waals surface area (Å²) in [4.78, 5) is 0. The molecule has 0 aromatic rings. The summed E-state index contributed by atoms with van der Waals surface area (Å²) in [5.74, 6) is 9.52. The lowest BCUT2D eigenvalue weighted by atomic mass is 10.0. The molecule has 0 aliphatic heterocycles. The number of rotatable bonds is 4. The normalized spacial score (nSPS) is 11.1. The van der Waals surface area contributed by atoms with Crippen molar-refractivity contribution in [2.75, 3.05) is 0 Å². The average molecular weight is 161 g/mol. The Morgan fingerprint density at radius 2 is 2.17 bits per heavy atom. The fraction of sp³-hybridized carbons (Fsp3) is 0.583. The molecule has 0 saturated heterocycles. The second-order valence-electron chi connectivity index (χ2n) is 3.02. The molecule has 0 rings (SSSR count). The second-order valence-corrected chi connectivity index (χ2v) is 3.02. The lowest BCUT2D eigenvalue weighted by molar-refractivity contribution is 0.558. The van der Waals surface area contributed by atoms with Gasteiger partial charge in [-0.05, 0) is 18.8 Å². The first-order valence-corrected chi connectivity index (χ1v) is 4.48. The van der Waals surface area contributed by atoms with Gasteiger partial charge in [-0.15, -0.1) is 24.2 Å². The first kappa shape index (κ1) is 11.1. The number of unbranched alkanes of at least 4 members (excludes halogenated alkanes) is 1. The molecule has 0 N–H and O–H groups in total. The molecule has 1 atom stereocenters. The van der Waals surface area contributed by atoms with E-state index in [4.69, 9.17) is 6.42 Å². The van der Waals surface area contributed by atoms with Gasteiger partial charge in [0, 0.05) is 19.3 Å². The molecule has 0 bridgehead atoms. The summed E-state index contributed by atoms with van der Waals surface area (Å²) >= 11 is 0. The van der Waals surface area contributed by atoms with Gasteiger partial charge in [-0.3, -0.25) is 0 Å². The van der Waals surface area contributed by atoms with Gasteiger partial charge in [0.2, 0.25) is 0 Å². The average Bonchev–Trinajstić information content (AvgIpc) is 2.09. The standard InChI is InChI=1S/C12H17/c1-4-6-8-9-11-12(3)10-7-5-2/h2,4,12H,6-7,10-11H2,1,3H3. The summed E-state index contributed by atoms with van der Waals surface area (Å²) in [7, 11) is 0. The number of hydrogen-bond donors (Lipinski definition) is 0. The van der Waals surface area contributed by atoms with Gasteiger partial charge in [0.05, 0.1) is 0 Å². The van der Waals surface area contributed by atoms with Gasteiger partial charge in [0.15, 0.2) is 0 Å². The Hall–Kier alpha value is -0.880. The fourth-order valence-corrected chi connectivity index (χ4v) is 0.852. The van der Waals surface area contributed by atoms with E-state index in [2.05, 4.69) is 31.1 Å². The maximum absolute atomic E-state index is 5.16. The van der Waals surface area contributed by atoms with Crippen LogP contribution in [0.25, 0.3) is 0 Å². The van der Waals surface area contributed by atoms with Crippen LogP contribution in [0.15, 0.2) is 0 Å². The van der Waals surface area contributed by atoms with E-state index >= 15 is 0 Å². The highest BCUT2D eigenvalue weighted by atomic mass is 14.0. The minimum absolute atomic E-state index is 0.644. The van der Waals surface area contributed by atoms with Gasteiger partial charge in [0.25, 0.3) is 0 Å². The van der Waals surface area contributed by atoms with Crippen LogP contribution in [0.2, 0.25) is 0 Å². The van der Waals surface area contributed by atoms with Crippen LogP contribution in [0.1, 0.15) is 39.5 Å². The van der Waals surface area contributed by atoms with Crippen molar-refractivity contribution in [3.8, 4) is 24.2 Å². The van der Waals surface area contributed by atoms with Crippen molar-refractivity contribution >= 4 is 0 Å². The minimum atomic E-state index is 0.644. The highest BCUT2D eigenvalue weighted by Gasteiger charge is 1.96. The predicted molar refractivity (Wildman–Crippen MR) is 54.2 cm³/mol. The molecule has 1 unspecified atom stereocenters. The van der Waals surface area contributed by atoms with Gasteiger partial charge < -0.3 is 0 Å². The molecule has 0 spiro atoms. The van der Waals surface area contributed by atoms with E-state index < -0.39 is 0 Å². The summed E-state index contributed by atoms with van der Waals surface area (Å²) < 4.78 is 0. The van der Waals surface area contributed by atoms with Crippen molar-refractivity contribution in [1.82, 2.24) is 0 Å². The predicted octanol–water partition coefficient (Wildman–Crippen LogP) is 3.04. The van der Waals surface area contributed by atoms with E-state index in [9.17, 15) is 0 Å². The van der Waals surface area contributed by atoms with Crippen molar-refractivity contribution in [3.63, 3.8) is 0 Å². The maximum Gasteiger partial charge on any atom is 0.0117 e. The third-order valence-electron chi connectivity index (χ3n) is 1.66. The Labute approximate surface area is 76.8 Å². The Kier molecular flexibility index (Phi) is 7.62. The molecule has 0 aliphatic carbocycles. The van der Waals surface area contributed by atoms with Crippen LogP contribution in [0, 0.1) is 36.5 Å². The summed E-state index contributed by atoms with van der Waals surface area (Å²) in [5.41, 5.74) is 0. The van der Waals surface area contributed by atoms with Crippen LogP contribution in [0.4, 0.5) is 0 Å². The van der Waals surface area contributed by atoms with Crippen LogP contribution in [0.5, 0.6) is 0 Å². The summed E-state index contributed by atoms with van der Waals surface area (Å²) in [6, 6.07) is 0. The second kappa shape index (κ2) is 8.22. The number of terminal acetylenes is 1. The Morgan fingerprint density at radius 3 is 2.75 bits per heavy atom. The van der Waals surface area contributed by atoms with E-state index in [1.807, 2.05) is 6.92 Å². The molecule has 65 valence electrons. The molecule has 0 aromatic heterocycles. The van der Waals surface area contributed by atoms with Gasteiger partial charge in [-0.25, -0.2) is 0 Å². The van der Waals surface area contributed by atoms with E-state index in [-0.39, 0.29) is 0 Å². The summed E-state index contributed by atoms with van der Waals surface area (Å²) in [6.07, 6.45) is 11.1. The molecule has 0 heterocycles. The third kappa shape index (κ3) is 7.23. The third-order valence-corrected chi connectivity index (χ3v) is 1.66. The Bertz CT molecular complexity index is 184. The van der Waals surface area contributed by atoms with Gasteiger partial charge in [-0.1, -0.05) is 13.8 Å². The fourth-order valence-electron chi connectivity index (χ4n) is 0.852. The van der Waals surface area contributed by atoms with E-state index in [1.54, 1.807) is 0 Å². The summed E-state index contributed by atoms with van der Waals surface area (Å²) in [6.45, 7) is 4.22. The van der Waals surface area contributed by atoms with E-state index in [0.717, 1.165) is 25.7 Å². The van der Waals surface area contributed by atoms with E-state index in [1.165, 1.54) is 0 Å². The molecular formula is C12H17.